The summed E-state index contributed by atoms with van der Waals surface area (Å²) in [4.78, 5) is 2.49. The van der Waals surface area contributed by atoms with Gasteiger partial charge in [-0.2, -0.15) is 0 Å². The molecular formula is C15H28N2. The van der Waals surface area contributed by atoms with Gasteiger partial charge in [-0.3, -0.25) is 0 Å². The van der Waals surface area contributed by atoms with Crippen molar-refractivity contribution in [2.75, 3.05) is 33.2 Å². The maximum absolute atomic E-state index is 3.78. The molecule has 17 heavy (non-hydrogen) atoms. The standard InChI is InChI=1S/C15H28N2/c1-17-6-2-3-13(11-17)9-16-10-15-8-12-4-5-14(15)7-12/h12-16H,2-11H2,1H3. The first-order valence-corrected chi connectivity index (χ1v) is 7.70. The molecule has 0 aromatic heterocycles. The molecular weight excluding hydrogens is 208 g/mol. The fraction of sp³-hybridized carbons (Fsp3) is 1.00. The third kappa shape index (κ3) is 2.85. The lowest BCUT2D eigenvalue weighted by molar-refractivity contribution is 0.202. The van der Waals surface area contributed by atoms with E-state index >= 15 is 0 Å². The van der Waals surface area contributed by atoms with Crippen molar-refractivity contribution in [2.24, 2.45) is 23.7 Å². The van der Waals surface area contributed by atoms with Crippen molar-refractivity contribution in [3.05, 3.63) is 0 Å². The monoisotopic (exact) mass is 236 g/mol. The number of hydrogen-bond acceptors (Lipinski definition) is 2. The minimum absolute atomic E-state index is 0.910. The highest BCUT2D eigenvalue weighted by molar-refractivity contribution is 4.90. The Labute approximate surface area is 106 Å². The maximum atomic E-state index is 3.78. The van der Waals surface area contributed by atoms with Gasteiger partial charge >= 0.3 is 0 Å². The summed E-state index contributed by atoms with van der Waals surface area (Å²) >= 11 is 0. The van der Waals surface area contributed by atoms with Gasteiger partial charge in [-0.05, 0) is 82.5 Å². The van der Waals surface area contributed by atoms with E-state index in [4.69, 9.17) is 0 Å². The van der Waals surface area contributed by atoms with Crippen LogP contribution in [-0.2, 0) is 0 Å². The van der Waals surface area contributed by atoms with Crippen LogP contribution in [0.5, 0.6) is 0 Å². The van der Waals surface area contributed by atoms with Gasteiger partial charge in [0.2, 0.25) is 0 Å². The lowest BCUT2D eigenvalue weighted by atomic mass is 9.88. The lowest BCUT2D eigenvalue weighted by Gasteiger charge is -2.30. The van der Waals surface area contributed by atoms with Gasteiger partial charge in [-0.1, -0.05) is 6.42 Å². The van der Waals surface area contributed by atoms with E-state index < -0.39 is 0 Å². The summed E-state index contributed by atoms with van der Waals surface area (Å²) in [6, 6.07) is 0. The van der Waals surface area contributed by atoms with Crippen LogP contribution in [0.2, 0.25) is 0 Å². The summed E-state index contributed by atoms with van der Waals surface area (Å²) in [5.41, 5.74) is 0. The van der Waals surface area contributed by atoms with Crippen LogP contribution >= 0.6 is 0 Å². The predicted molar refractivity (Wildman–Crippen MR) is 72.0 cm³/mol. The molecule has 0 radical (unpaired) electrons. The molecule has 3 aliphatic rings. The highest BCUT2D eigenvalue weighted by atomic mass is 15.1. The molecule has 4 atom stereocenters. The molecule has 0 aromatic rings. The van der Waals surface area contributed by atoms with E-state index in [-0.39, 0.29) is 0 Å². The molecule has 4 unspecified atom stereocenters. The SMILES string of the molecule is CN1CCCC(CNCC2CC3CCC2C3)C1. The summed E-state index contributed by atoms with van der Waals surface area (Å²) in [6.45, 7) is 5.19. The molecule has 1 heterocycles. The van der Waals surface area contributed by atoms with Crippen molar-refractivity contribution in [3.63, 3.8) is 0 Å². The third-order valence-electron chi connectivity index (χ3n) is 5.45. The average Bonchev–Trinajstić information content (AvgIpc) is 2.91. The minimum Gasteiger partial charge on any atom is -0.316 e. The lowest BCUT2D eigenvalue weighted by Crippen LogP contribution is -2.38. The Morgan fingerprint density at radius 3 is 2.76 bits per heavy atom. The van der Waals surface area contributed by atoms with E-state index in [2.05, 4.69) is 17.3 Å². The Hall–Kier alpha value is -0.0800. The summed E-state index contributed by atoms with van der Waals surface area (Å²) in [7, 11) is 2.27. The van der Waals surface area contributed by atoms with Crippen molar-refractivity contribution >= 4 is 0 Å². The van der Waals surface area contributed by atoms with Crippen LogP contribution in [0.3, 0.4) is 0 Å². The Morgan fingerprint density at radius 2 is 2.06 bits per heavy atom. The van der Waals surface area contributed by atoms with Gasteiger partial charge in [0.05, 0.1) is 0 Å². The van der Waals surface area contributed by atoms with Gasteiger partial charge in [0.15, 0.2) is 0 Å². The third-order valence-corrected chi connectivity index (χ3v) is 5.45. The molecule has 0 amide bonds. The minimum atomic E-state index is 0.910. The van der Waals surface area contributed by atoms with Crippen molar-refractivity contribution in [1.82, 2.24) is 10.2 Å². The first kappa shape index (κ1) is 12.0. The highest BCUT2D eigenvalue weighted by Gasteiger charge is 2.38. The number of fused-ring (bicyclic) bond motifs is 2. The highest BCUT2D eigenvalue weighted by Crippen LogP contribution is 2.47. The Kier molecular flexibility index (Phi) is 3.72. The maximum Gasteiger partial charge on any atom is 0.00187 e. The molecule has 98 valence electrons. The van der Waals surface area contributed by atoms with Gasteiger partial charge in [0.25, 0.3) is 0 Å². The van der Waals surface area contributed by atoms with Crippen molar-refractivity contribution < 1.29 is 0 Å². The van der Waals surface area contributed by atoms with E-state index in [9.17, 15) is 0 Å². The first-order valence-electron chi connectivity index (χ1n) is 7.70. The smallest absolute Gasteiger partial charge is 0.00187 e. The van der Waals surface area contributed by atoms with Crippen LogP contribution in [0.1, 0.15) is 38.5 Å². The van der Waals surface area contributed by atoms with E-state index in [1.54, 1.807) is 6.42 Å². The summed E-state index contributed by atoms with van der Waals surface area (Å²) in [6.07, 6.45) is 8.99. The molecule has 3 rings (SSSR count). The van der Waals surface area contributed by atoms with Crippen molar-refractivity contribution in [2.45, 2.75) is 38.5 Å². The fourth-order valence-electron chi connectivity index (χ4n) is 4.54. The molecule has 2 heteroatoms. The van der Waals surface area contributed by atoms with Gasteiger partial charge in [0.1, 0.15) is 0 Å². The van der Waals surface area contributed by atoms with Crippen LogP contribution in [0.4, 0.5) is 0 Å². The first-order chi connectivity index (χ1) is 8.31. The number of hydrogen-bond donors (Lipinski definition) is 1. The number of rotatable bonds is 4. The second-order valence-corrected chi connectivity index (χ2v) is 6.86. The molecule has 1 N–H and O–H groups in total. The summed E-state index contributed by atoms with van der Waals surface area (Å²) in [5, 5.41) is 3.78. The van der Waals surface area contributed by atoms with Gasteiger partial charge in [-0.15, -0.1) is 0 Å². The number of nitrogens with zero attached hydrogens (tertiary/aromatic N) is 1. The van der Waals surface area contributed by atoms with E-state index in [0.717, 1.165) is 23.7 Å². The molecule has 2 bridgehead atoms. The van der Waals surface area contributed by atoms with Gasteiger partial charge in [0, 0.05) is 6.54 Å². The summed E-state index contributed by atoms with van der Waals surface area (Å²) in [5.74, 6) is 4.12. The number of likely N-dealkylation sites (tertiary alicyclic amines) is 1. The predicted octanol–water partition coefficient (Wildman–Crippen LogP) is 2.35. The average molecular weight is 236 g/mol. The molecule has 1 aliphatic heterocycles. The quantitative estimate of drug-likeness (QED) is 0.806. The zero-order valence-electron chi connectivity index (χ0n) is 11.3. The van der Waals surface area contributed by atoms with Crippen molar-refractivity contribution in [1.29, 1.82) is 0 Å². The van der Waals surface area contributed by atoms with E-state index in [0.29, 0.717) is 0 Å². The van der Waals surface area contributed by atoms with Crippen LogP contribution in [-0.4, -0.2) is 38.1 Å². The fourth-order valence-corrected chi connectivity index (χ4v) is 4.54. The molecule has 2 aliphatic carbocycles. The second kappa shape index (κ2) is 5.27. The number of nitrogens with one attached hydrogen (secondary N) is 1. The largest absolute Gasteiger partial charge is 0.316 e. The van der Waals surface area contributed by atoms with E-state index in [1.165, 1.54) is 58.3 Å². The van der Waals surface area contributed by atoms with Crippen LogP contribution in [0, 0.1) is 23.7 Å². The normalized spacial score (nSPS) is 42.2. The second-order valence-electron chi connectivity index (χ2n) is 6.86. The zero-order valence-corrected chi connectivity index (χ0v) is 11.3. The molecule has 1 saturated heterocycles. The molecule has 0 aromatic carbocycles. The van der Waals surface area contributed by atoms with E-state index in [1.807, 2.05) is 0 Å². The summed E-state index contributed by atoms with van der Waals surface area (Å²) < 4.78 is 0. The molecule has 2 nitrogen and oxygen atoms in total. The van der Waals surface area contributed by atoms with Gasteiger partial charge in [-0.25, -0.2) is 0 Å². The molecule has 2 saturated carbocycles. The molecule has 3 fully saturated rings. The zero-order chi connectivity index (χ0) is 11.7. The molecule has 0 spiro atoms. The van der Waals surface area contributed by atoms with Crippen LogP contribution < -0.4 is 5.32 Å². The Balaban J connectivity index is 1.35. The Morgan fingerprint density at radius 1 is 1.12 bits per heavy atom. The topological polar surface area (TPSA) is 15.3 Å². The number of piperidine rings is 1. The van der Waals surface area contributed by atoms with Gasteiger partial charge < -0.3 is 10.2 Å². The van der Waals surface area contributed by atoms with Crippen LogP contribution in [0.15, 0.2) is 0 Å². The van der Waals surface area contributed by atoms with Crippen molar-refractivity contribution in [3.8, 4) is 0 Å². The Bertz CT molecular complexity index is 253. The van der Waals surface area contributed by atoms with Crippen LogP contribution in [0.25, 0.3) is 0 Å².